The smallest absolute Gasteiger partial charge is 0.277 e. The molecule has 2 heterocycles. The number of imide groups is 1. The maximum absolute atomic E-state index is 13.1. The van der Waals surface area contributed by atoms with Gasteiger partial charge in [-0.3, -0.25) is 9.59 Å². The molecular formula is C24H25ClN2O2. The molecule has 1 fully saturated rings. The average molecular weight is 409 g/mol. The molecule has 0 radical (unpaired) electrons. The molecule has 2 aliphatic rings. The monoisotopic (exact) mass is 408 g/mol. The first kappa shape index (κ1) is 19.7. The minimum absolute atomic E-state index is 0.0175. The van der Waals surface area contributed by atoms with Crippen molar-refractivity contribution in [3.63, 3.8) is 0 Å². The number of hydrogen-bond acceptors (Lipinski definition) is 3. The average Bonchev–Trinajstić information content (AvgIpc) is 2.92. The minimum Gasteiger partial charge on any atom is -0.372 e. The predicted molar refractivity (Wildman–Crippen MR) is 118 cm³/mol. The van der Waals surface area contributed by atoms with Crippen LogP contribution in [0.5, 0.6) is 0 Å². The molecule has 5 heteroatoms. The van der Waals surface area contributed by atoms with Gasteiger partial charge < -0.3 is 4.90 Å². The number of nitrogens with zero attached hydrogens (tertiary/aromatic N) is 2. The zero-order valence-corrected chi connectivity index (χ0v) is 17.8. The van der Waals surface area contributed by atoms with Crippen molar-refractivity contribution in [2.75, 3.05) is 22.9 Å². The van der Waals surface area contributed by atoms with Crippen LogP contribution in [0.3, 0.4) is 0 Å². The molecule has 0 aliphatic carbocycles. The number of carbonyl (C=O) groups excluding carboxylic acids is 2. The lowest BCUT2D eigenvalue weighted by Gasteiger charge is -2.32. The molecule has 4 rings (SSSR count). The van der Waals surface area contributed by atoms with Gasteiger partial charge in [0.1, 0.15) is 5.03 Å². The highest BCUT2D eigenvalue weighted by atomic mass is 35.5. The fraction of sp³-hybridized carbons (Fsp3) is 0.333. The van der Waals surface area contributed by atoms with Gasteiger partial charge in [-0.25, -0.2) is 4.90 Å². The zero-order chi connectivity index (χ0) is 20.7. The number of carbonyl (C=O) groups is 2. The molecular weight excluding hydrogens is 384 g/mol. The Bertz CT molecular complexity index is 1000. The molecule has 2 aromatic carbocycles. The van der Waals surface area contributed by atoms with Crippen LogP contribution in [0.4, 0.5) is 11.4 Å². The topological polar surface area (TPSA) is 40.6 Å². The van der Waals surface area contributed by atoms with Gasteiger partial charge in [0, 0.05) is 18.8 Å². The van der Waals surface area contributed by atoms with Crippen LogP contribution in [0.25, 0.3) is 5.57 Å². The maximum Gasteiger partial charge on any atom is 0.277 e. The standard InChI is InChI=1S/C24H25ClN2O2/c1-15-10-12-26(13-11-15)18-5-7-19(8-6-18)27-23(28)21(22(25)24(27)29)20-9-4-16(2)14-17(20)3/h4-9,14-15H,10-13H2,1-3H3. The van der Waals surface area contributed by atoms with Crippen LogP contribution < -0.4 is 9.80 Å². The van der Waals surface area contributed by atoms with Gasteiger partial charge in [-0.1, -0.05) is 42.3 Å². The van der Waals surface area contributed by atoms with Gasteiger partial charge in [0.05, 0.1) is 11.3 Å². The Hall–Kier alpha value is -2.59. The van der Waals surface area contributed by atoms with E-state index in [1.54, 1.807) is 0 Å². The highest BCUT2D eigenvalue weighted by Gasteiger charge is 2.39. The Morgan fingerprint density at radius 3 is 2.14 bits per heavy atom. The normalized spacial score (nSPS) is 18.2. The molecule has 0 N–H and O–H groups in total. The SMILES string of the molecule is Cc1ccc(C2=C(Cl)C(=O)N(c3ccc(N4CCC(C)CC4)cc3)C2=O)c(C)c1. The van der Waals surface area contributed by atoms with E-state index in [4.69, 9.17) is 11.6 Å². The largest absolute Gasteiger partial charge is 0.372 e. The molecule has 1 saturated heterocycles. The number of halogens is 1. The first-order valence-electron chi connectivity index (χ1n) is 10.1. The fourth-order valence-corrected chi connectivity index (χ4v) is 4.41. The van der Waals surface area contributed by atoms with Gasteiger partial charge in [-0.05, 0) is 68.0 Å². The molecule has 0 atom stereocenters. The molecule has 0 aromatic heterocycles. The summed E-state index contributed by atoms with van der Waals surface area (Å²) in [6.07, 6.45) is 2.37. The second kappa shape index (κ2) is 7.68. The first-order valence-corrected chi connectivity index (χ1v) is 10.5. The highest BCUT2D eigenvalue weighted by Crippen LogP contribution is 2.37. The maximum atomic E-state index is 13.1. The van der Waals surface area contributed by atoms with Gasteiger partial charge >= 0.3 is 0 Å². The summed E-state index contributed by atoms with van der Waals surface area (Å²) in [5.41, 5.74) is 4.68. The fourth-order valence-electron chi connectivity index (χ4n) is 4.14. The molecule has 29 heavy (non-hydrogen) atoms. The molecule has 0 spiro atoms. The minimum atomic E-state index is -0.466. The van der Waals surface area contributed by atoms with Crippen molar-refractivity contribution in [3.8, 4) is 0 Å². The molecule has 150 valence electrons. The van der Waals surface area contributed by atoms with Gasteiger partial charge in [0.25, 0.3) is 11.8 Å². The van der Waals surface area contributed by atoms with E-state index in [-0.39, 0.29) is 16.5 Å². The summed E-state index contributed by atoms with van der Waals surface area (Å²) in [6, 6.07) is 13.4. The van der Waals surface area contributed by atoms with Crippen LogP contribution in [0.2, 0.25) is 0 Å². The number of amides is 2. The molecule has 0 saturated carbocycles. The Balaban J connectivity index is 1.60. The van der Waals surface area contributed by atoms with E-state index in [1.807, 2.05) is 56.3 Å². The van der Waals surface area contributed by atoms with E-state index in [9.17, 15) is 9.59 Å². The second-order valence-corrected chi connectivity index (χ2v) is 8.52. The molecule has 2 amide bonds. The third-order valence-corrected chi connectivity index (χ3v) is 6.29. The van der Waals surface area contributed by atoms with Crippen molar-refractivity contribution < 1.29 is 9.59 Å². The summed E-state index contributed by atoms with van der Waals surface area (Å²) >= 11 is 6.34. The van der Waals surface area contributed by atoms with Gasteiger partial charge in [-0.2, -0.15) is 0 Å². The molecule has 0 bridgehead atoms. The number of rotatable bonds is 3. The van der Waals surface area contributed by atoms with Crippen LogP contribution in [0, 0.1) is 19.8 Å². The van der Waals surface area contributed by atoms with Gasteiger partial charge in [0.2, 0.25) is 0 Å². The van der Waals surface area contributed by atoms with E-state index in [1.165, 1.54) is 17.7 Å². The summed E-state index contributed by atoms with van der Waals surface area (Å²) in [7, 11) is 0. The lowest BCUT2D eigenvalue weighted by atomic mass is 9.98. The van der Waals surface area contributed by atoms with Crippen molar-refractivity contribution in [1.29, 1.82) is 0 Å². The third kappa shape index (κ3) is 3.58. The second-order valence-electron chi connectivity index (χ2n) is 8.14. The number of aryl methyl sites for hydroxylation is 2. The summed E-state index contributed by atoms with van der Waals surface area (Å²) in [5, 5.41) is -0.0175. The summed E-state index contributed by atoms with van der Waals surface area (Å²) in [6.45, 7) is 8.27. The van der Waals surface area contributed by atoms with E-state index in [2.05, 4.69) is 11.8 Å². The number of piperidine rings is 1. The first-order chi connectivity index (χ1) is 13.9. The summed E-state index contributed by atoms with van der Waals surface area (Å²) in [4.78, 5) is 29.5. The van der Waals surface area contributed by atoms with Crippen molar-refractivity contribution >= 4 is 40.4 Å². The number of hydrogen-bond donors (Lipinski definition) is 0. The van der Waals surface area contributed by atoms with Gasteiger partial charge in [-0.15, -0.1) is 0 Å². The number of benzene rings is 2. The van der Waals surface area contributed by atoms with Crippen LogP contribution in [-0.4, -0.2) is 24.9 Å². The van der Waals surface area contributed by atoms with Crippen LogP contribution in [0.1, 0.15) is 36.5 Å². The van der Waals surface area contributed by atoms with Crippen molar-refractivity contribution in [1.82, 2.24) is 0 Å². The zero-order valence-electron chi connectivity index (χ0n) is 17.0. The molecule has 4 nitrogen and oxygen atoms in total. The van der Waals surface area contributed by atoms with E-state index in [0.717, 1.165) is 35.8 Å². The Morgan fingerprint density at radius 1 is 0.897 bits per heavy atom. The van der Waals surface area contributed by atoms with E-state index in [0.29, 0.717) is 11.3 Å². The van der Waals surface area contributed by atoms with Crippen molar-refractivity contribution in [2.24, 2.45) is 5.92 Å². The van der Waals surface area contributed by atoms with E-state index >= 15 is 0 Å². The van der Waals surface area contributed by atoms with Crippen molar-refractivity contribution in [2.45, 2.75) is 33.6 Å². The third-order valence-electron chi connectivity index (χ3n) is 5.94. The number of anilines is 2. The van der Waals surface area contributed by atoms with E-state index < -0.39 is 5.91 Å². The Labute approximate surface area is 176 Å². The van der Waals surface area contributed by atoms with Crippen molar-refractivity contribution in [3.05, 3.63) is 64.2 Å². The quantitative estimate of drug-likeness (QED) is 0.666. The van der Waals surface area contributed by atoms with Crippen LogP contribution in [0.15, 0.2) is 47.5 Å². The summed E-state index contributed by atoms with van der Waals surface area (Å²) < 4.78 is 0. The molecule has 2 aliphatic heterocycles. The molecule has 0 unspecified atom stereocenters. The van der Waals surface area contributed by atoms with Crippen LogP contribution >= 0.6 is 11.6 Å². The van der Waals surface area contributed by atoms with Crippen LogP contribution in [-0.2, 0) is 9.59 Å². The molecule has 2 aromatic rings. The predicted octanol–water partition coefficient (Wildman–Crippen LogP) is 5.06. The summed E-state index contributed by atoms with van der Waals surface area (Å²) in [5.74, 6) is -0.0695. The lowest BCUT2D eigenvalue weighted by molar-refractivity contribution is -0.119. The van der Waals surface area contributed by atoms with Gasteiger partial charge in [0.15, 0.2) is 0 Å². The Kier molecular flexibility index (Phi) is 5.22. The Morgan fingerprint density at radius 2 is 1.52 bits per heavy atom. The highest BCUT2D eigenvalue weighted by molar-refractivity contribution is 6.60. The lowest BCUT2D eigenvalue weighted by Crippen LogP contribution is -2.33.